The predicted octanol–water partition coefficient (Wildman–Crippen LogP) is 2.79. The quantitative estimate of drug-likeness (QED) is 0.701. The van der Waals surface area contributed by atoms with Gasteiger partial charge >= 0.3 is 0 Å². The van der Waals surface area contributed by atoms with Crippen LogP contribution in [-0.4, -0.2) is 65.8 Å². The third kappa shape index (κ3) is 3.81. The SMILES string of the molecule is O=C(Nc1cnc2c(c1)C(C1=CN3CN=CN=C3C=C1)=C[C@@H]1CC21)c1ccnc(N2CCNCC2)c1. The van der Waals surface area contributed by atoms with E-state index in [9.17, 15) is 4.79 Å². The Morgan fingerprint density at radius 3 is 2.97 bits per heavy atom. The molecule has 36 heavy (non-hydrogen) atoms. The first-order valence-electron chi connectivity index (χ1n) is 12.4. The second-order valence-electron chi connectivity index (χ2n) is 9.65. The zero-order valence-corrected chi connectivity index (χ0v) is 19.8. The van der Waals surface area contributed by atoms with E-state index in [1.165, 1.54) is 0 Å². The van der Waals surface area contributed by atoms with Crippen LogP contribution in [0.15, 0.2) is 70.6 Å². The number of amides is 1. The van der Waals surface area contributed by atoms with Crippen LogP contribution in [0.25, 0.3) is 5.57 Å². The van der Waals surface area contributed by atoms with Gasteiger partial charge in [0.2, 0.25) is 0 Å². The monoisotopic (exact) mass is 478 g/mol. The summed E-state index contributed by atoms with van der Waals surface area (Å²) in [6.07, 6.45) is 14.8. The third-order valence-corrected chi connectivity index (χ3v) is 7.30. The lowest BCUT2D eigenvalue weighted by atomic mass is 9.89. The van der Waals surface area contributed by atoms with Crippen molar-refractivity contribution >= 4 is 35.2 Å². The summed E-state index contributed by atoms with van der Waals surface area (Å²) >= 11 is 0. The first-order valence-corrected chi connectivity index (χ1v) is 12.4. The number of nitrogens with zero attached hydrogens (tertiary/aromatic N) is 6. The maximum Gasteiger partial charge on any atom is 0.255 e. The largest absolute Gasteiger partial charge is 0.354 e. The van der Waals surface area contributed by atoms with Crippen LogP contribution in [0.1, 0.15) is 34.0 Å². The molecular formula is C27H26N8O. The maximum absolute atomic E-state index is 13.2. The molecule has 2 aromatic rings. The second kappa shape index (κ2) is 8.53. The summed E-state index contributed by atoms with van der Waals surface area (Å²) in [4.78, 5) is 35.3. The molecule has 1 amide bonds. The minimum atomic E-state index is -0.162. The molecule has 5 heterocycles. The number of rotatable bonds is 4. The van der Waals surface area contributed by atoms with Crippen molar-refractivity contribution in [3.8, 4) is 0 Å². The van der Waals surface area contributed by atoms with E-state index >= 15 is 0 Å². The Bertz CT molecular complexity index is 1400. The van der Waals surface area contributed by atoms with Gasteiger partial charge in [0.15, 0.2) is 0 Å². The molecule has 2 aromatic heterocycles. The van der Waals surface area contributed by atoms with E-state index in [0.717, 1.165) is 66.7 Å². The molecule has 7 rings (SSSR count). The number of allylic oxidation sites excluding steroid dienone is 4. The van der Waals surface area contributed by atoms with E-state index < -0.39 is 0 Å². The van der Waals surface area contributed by atoms with Gasteiger partial charge in [-0.3, -0.25) is 14.8 Å². The van der Waals surface area contributed by atoms with Crippen LogP contribution in [0, 0.1) is 5.92 Å². The number of carbonyl (C=O) groups excluding carboxylic acids is 1. The fraction of sp³-hybridized carbons (Fsp3) is 0.296. The van der Waals surface area contributed by atoms with Gasteiger partial charge in [0.1, 0.15) is 24.7 Å². The number of nitrogens with one attached hydrogen (secondary N) is 2. The summed E-state index contributed by atoms with van der Waals surface area (Å²) in [5.74, 6) is 2.57. The van der Waals surface area contributed by atoms with Gasteiger partial charge in [0.25, 0.3) is 5.91 Å². The lowest BCUT2D eigenvalue weighted by molar-refractivity contribution is 0.102. The zero-order chi connectivity index (χ0) is 24.1. The summed E-state index contributed by atoms with van der Waals surface area (Å²) in [5, 5.41) is 6.41. The van der Waals surface area contributed by atoms with Crippen LogP contribution < -0.4 is 15.5 Å². The lowest BCUT2D eigenvalue weighted by Crippen LogP contribution is -2.43. The van der Waals surface area contributed by atoms with Crippen molar-refractivity contribution in [1.29, 1.82) is 0 Å². The van der Waals surface area contributed by atoms with Crippen molar-refractivity contribution < 1.29 is 4.79 Å². The Hall–Kier alpha value is -4.11. The first-order chi connectivity index (χ1) is 17.7. The minimum absolute atomic E-state index is 0.162. The number of carbonyl (C=O) groups is 1. The van der Waals surface area contributed by atoms with E-state index in [4.69, 9.17) is 4.98 Å². The average molecular weight is 479 g/mol. The molecule has 2 aliphatic carbocycles. The summed E-state index contributed by atoms with van der Waals surface area (Å²) in [5.41, 5.74) is 5.74. The molecule has 1 saturated carbocycles. The smallest absolute Gasteiger partial charge is 0.255 e. The normalized spacial score (nSPS) is 23.6. The highest BCUT2D eigenvalue weighted by Crippen LogP contribution is 2.55. The fourth-order valence-corrected chi connectivity index (χ4v) is 5.30. The number of anilines is 2. The van der Waals surface area contributed by atoms with E-state index in [0.29, 0.717) is 29.8 Å². The summed E-state index contributed by atoms with van der Waals surface area (Å²) in [7, 11) is 0. The molecule has 5 aliphatic rings. The van der Waals surface area contributed by atoms with Crippen molar-refractivity contribution in [3.63, 3.8) is 0 Å². The summed E-state index contributed by atoms with van der Waals surface area (Å²) in [6, 6.07) is 5.68. The summed E-state index contributed by atoms with van der Waals surface area (Å²) in [6.45, 7) is 4.16. The number of fused-ring (bicyclic) bond motifs is 4. The molecule has 0 radical (unpaired) electrons. The number of amidine groups is 1. The molecule has 0 bridgehead atoms. The molecule has 0 spiro atoms. The molecule has 0 aromatic carbocycles. The van der Waals surface area contributed by atoms with Gasteiger partial charge in [0.05, 0.1) is 17.6 Å². The van der Waals surface area contributed by atoms with Gasteiger partial charge in [0, 0.05) is 55.6 Å². The molecule has 180 valence electrons. The molecule has 1 unspecified atom stereocenters. The van der Waals surface area contributed by atoms with Crippen LogP contribution in [0.4, 0.5) is 11.5 Å². The molecule has 3 aliphatic heterocycles. The van der Waals surface area contributed by atoms with Gasteiger partial charge in [-0.25, -0.2) is 9.98 Å². The van der Waals surface area contributed by atoms with Gasteiger partial charge in [-0.2, -0.15) is 0 Å². The fourth-order valence-electron chi connectivity index (χ4n) is 5.30. The van der Waals surface area contributed by atoms with Crippen LogP contribution >= 0.6 is 0 Å². The zero-order valence-electron chi connectivity index (χ0n) is 19.8. The van der Waals surface area contributed by atoms with Crippen LogP contribution in [0.5, 0.6) is 0 Å². The van der Waals surface area contributed by atoms with Crippen LogP contribution in [0.2, 0.25) is 0 Å². The Balaban J connectivity index is 1.15. The Labute approximate surface area is 209 Å². The van der Waals surface area contributed by atoms with E-state index in [1.807, 2.05) is 17.0 Å². The van der Waals surface area contributed by atoms with Gasteiger partial charge < -0.3 is 20.4 Å². The number of hydrogen-bond acceptors (Lipinski definition) is 8. The average Bonchev–Trinajstić information content (AvgIpc) is 3.73. The van der Waals surface area contributed by atoms with Crippen molar-refractivity contribution in [3.05, 3.63) is 77.4 Å². The first kappa shape index (κ1) is 21.2. The predicted molar refractivity (Wildman–Crippen MR) is 140 cm³/mol. The molecule has 2 N–H and O–H groups in total. The molecule has 2 atom stereocenters. The van der Waals surface area contributed by atoms with Crippen molar-refractivity contribution in [2.24, 2.45) is 15.9 Å². The third-order valence-electron chi connectivity index (χ3n) is 7.30. The van der Waals surface area contributed by atoms with E-state index in [2.05, 4.69) is 54.9 Å². The molecule has 2 fully saturated rings. The number of aliphatic imine (C=N–C) groups is 2. The highest BCUT2D eigenvalue weighted by molar-refractivity contribution is 6.05. The Kier molecular flexibility index (Phi) is 5.02. The molecule has 9 heteroatoms. The van der Waals surface area contributed by atoms with Crippen LogP contribution in [-0.2, 0) is 0 Å². The van der Waals surface area contributed by atoms with E-state index in [1.54, 1.807) is 24.8 Å². The topological polar surface area (TPSA) is 98.1 Å². The summed E-state index contributed by atoms with van der Waals surface area (Å²) < 4.78 is 0. The lowest BCUT2D eigenvalue weighted by Gasteiger charge is -2.28. The van der Waals surface area contributed by atoms with Crippen molar-refractivity contribution in [2.75, 3.05) is 43.1 Å². The Morgan fingerprint density at radius 2 is 2.06 bits per heavy atom. The van der Waals surface area contributed by atoms with Gasteiger partial charge in [-0.05, 0) is 53.8 Å². The van der Waals surface area contributed by atoms with E-state index in [-0.39, 0.29) is 5.91 Å². The highest BCUT2D eigenvalue weighted by Gasteiger charge is 2.43. The minimum Gasteiger partial charge on any atom is -0.354 e. The number of aromatic nitrogens is 2. The molecule has 1 saturated heterocycles. The molecule has 9 nitrogen and oxygen atoms in total. The van der Waals surface area contributed by atoms with Crippen molar-refractivity contribution in [1.82, 2.24) is 20.2 Å². The highest BCUT2D eigenvalue weighted by atomic mass is 16.1. The molecular weight excluding hydrogens is 452 g/mol. The van der Waals surface area contributed by atoms with Gasteiger partial charge in [-0.1, -0.05) is 6.08 Å². The van der Waals surface area contributed by atoms with Gasteiger partial charge in [-0.15, -0.1) is 0 Å². The maximum atomic E-state index is 13.2. The van der Waals surface area contributed by atoms with Crippen LogP contribution in [0.3, 0.4) is 0 Å². The standard InChI is InChI=1S/C27H26N8O/c36-27(17-3-4-30-25(11-17)34-7-5-28-6-8-34)33-20-12-23-21(9-19-10-22(19)26(23)31-13-20)18-1-2-24-32-15-29-16-35(24)14-18/h1-4,9,11-15,19,22,28H,5-8,10,16H2,(H,33,36)/t19-,22?/m1/s1. The van der Waals surface area contributed by atoms with Crippen molar-refractivity contribution in [2.45, 2.75) is 12.3 Å². The number of hydrogen-bond donors (Lipinski definition) is 2. The number of pyridine rings is 2. The number of piperazine rings is 1. The Morgan fingerprint density at radius 1 is 1.14 bits per heavy atom. The second-order valence-corrected chi connectivity index (χ2v) is 9.65.